The maximum Gasteiger partial charge on any atom is 0.240 e. The number of hydrogen-bond donors (Lipinski definition) is 1. The van der Waals surface area contributed by atoms with Crippen LogP contribution in [-0.4, -0.2) is 22.9 Å². The molecule has 1 aliphatic rings. The zero-order chi connectivity index (χ0) is 13.8. The van der Waals surface area contributed by atoms with E-state index in [-0.39, 0.29) is 11.9 Å². The van der Waals surface area contributed by atoms with E-state index < -0.39 is 0 Å². The van der Waals surface area contributed by atoms with E-state index in [1.807, 2.05) is 36.1 Å². The molecule has 19 heavy (non-hydrogen) atoms. The van der Waals surface area contributed by atoms with Gasteiger partial charge < -0.3 is 10.6 Å². The summed E-state index contributed by atoms with van der Waals surface area (Å²) >= 11 is 5.88. The van der Waals surface area contributed by atoms with E-state index in [4.69, 9.17) is 17.3 Å². The van der Waals surface area contributed by atoms with Crippen LogP contribution in [0.25, 0.3) is 0 Å². The smallest absolute Gasteiger partial charge is 0.240 e. The van der Waals surface area contributed by atoms with Crippen LogP contribution in [0.15, 0.2) is 24.3 Å². The topological polar surface area (TPSA) is 46.3 Å². The Morgan fingerprint density at radius 1 is 1.42 bits per heavy atom. The van der Waals surface area contributed by atoms with Gasteiger partial charge in [0.05, 0.1) is 6.04 Å². The number of rotatable bonds is 6. The summed E-state index contributed by atoms with van der Waals surface area (Å²) in [7, 11) is 0. The second-order valence-electron chi connectivity index (χ2n) is 5.22. The van der Waals surface area contributed by atoms with Crippen molar-refractivity contribution in [3.63, 3.8) is 0 Å². The molecule has 4 heteroatoms. The third-order valence-corrected chi connectivity index (χ3v) is 3.71. The largest absolute Gasteiger partial charge is 0.334 e. The zero-order valence-corrected chi connectivity index (χ0v) is 12.1. The summed E-state index contributed by atoms with van der Waals surface area (Å²) in [5.74, 6) is 0.0827. The van der Waals surface area contributed by atoms with Crippen LogP contribution in [-0.2, 0) is 11.3 Å². The predicted octanol–water partition coefficient (Wildman–Crippen LogP) is 2.96. The van der Waals surface area contributed by atoms with Gasteiger partial charge in [-0.2, -0.15) is 0 Å². The molecule has 1 saturated carbocycles. The average molecular weight is 281 g/mol. The molecule has 2 N–H and O–H groups in total. The van der Waals surface area contributed by atoms with Gasteiger partial charge in [-0.15, -0.1) is 0 Å². The van der Waals surface area contributed by atoms with E-state index in [0.29, 0.717) is 12.6 Å². The molecule has 0 saturated heterocycles. The van der Waals surface area contributed by atoms with Crippen molar-refractivity contribution in [1.29, 1.82) is 0 Å². The van der Waals surface area contributed by atoms with E-state index in [1.54, 1.807) is 0 Å². The predicted molar refractivity (Wildman–Crippen MR) is 77.9 cm³/mol. The fourth-order valence-corrected chi connectivity index (χ4v) is 2.33. The second-order valence-corrected chi connectivity index (χ2v) is 5.66. The first-order valence-corrected chi connectivity index (χ1v) is 7.30. The van der Waals surface area contributed by atoms with Crippen molar-refractivity contribution in [2.45, 2.75) is 51.2 Å². The van der Waals surface area contributed by atoms with Gasteiger partial charge in [-0.05, 0) is 37.0 Å². The minimum Gasteiger partial charge on any atom is -0.334 e. The molecule has 1 aromatic rings. The molecule has 1 atom stereocenters. The third-order valence-electron chi connectivity index (χ3n) is 3.45. The van der Waals surface area contributed by atoms with Crippen molar-refractivity contribution in [2.24, 2.45) is 5.73 Å². The third kappa shape index (κ3) is 3.95. The first kappa shape index (κ1) is 14.4. The Hall–Kier alpha value is -1.06. The molecule has 0 aliphatic heterocycles. The van der Waals surface area contributed by atoms with E-state index in [1.165, 1.54) is 0 Å². The number of nitrogens with zero attached hydrogens (tertiary/aromatic N) is 1. The summed E-state index contributed by atoms with van der Waals surface area (Å²) in [5.41, 5.74) is 7.06. The number of carbonyl (C=O) groups excluding carboxylic acids is 1. The van der Waals surface area contributed by atoms with Gasteiger partial charge in [0.2, 0.25) is 5.91 Å². The molecule has 0 heterocycles. The van der Waals surface area contributed by atoms with Crippen molar-refractivity contribution < 1.29 is 4.79 Å². The molecule has 0 radical (unpaired) electrons. The monoisotopic (exact) mass is 280 g/mol. The number of carbonyl (C=O) groups is 1. The molecule has 1 aromatic carbocycles. The molecule has 0 unspecified atom stereocenters. The Morgan fingerprint density at radius 2 is 2.05 bits per heavy atom. The van der Waals surface area contributed by atoms with Gasteiger partial charge in [-0.3, -0.25) is 4.79 Å². The van der Waals surface area contributed by atoms with Crippen molar-refractivity contribution in [1.82, 2.24) is 4.90 Å². The Labute approximate surface area is 119 Å². The first-order chi connectivity index (χ1) is 9.11. The summed E-state index contributed by atoms with van der Waals surface area (Å²) < 4.78 is 0. The minimum absolute atomic E-state index is 0.0827. The van der Waals surface area contributed by atoms with Crippen molar-refractivity contribution in [3.8, 4) is 0 Å². The fraction of sp³-hybridized carbons (Fsp3) is 0.533. The molecule has 104 valence electrons. The first-order valence-electron chi connectivity index (χ1n) is 6.92. The second kappa shape index (κ2) is 6.40. The highest BCUT2D eigenvalue weighted by Gasteiger charge is 2.34. The SMILES string of the molecule is CCC[C@H](N)C(=O)N(Cc1ccc(Cl)cc1)C1CC1. The molecule has 0 spiro atoms. The van der Waals surface area contributed by atoms with Gasteiger partial charge in [0, 0.05) is 17.6 Å². The number of amides is 1. The van der Waals surface area contributed by atoms with Gasteiger partial charge in [0.15, 0.2) is 0 Å². The van der Waals surface area contributed by atoms with E-state index in [9.17, 15) is 4.79 Å². The number of hydrogen-bond acceptors (Lipinski definition) is 2. The van der Waals surface area contributed by atoms with Crippen LogP contribution in [0.3, 0.4) is 0 Å². The van der Waals surface area contributed by atoms with Gasteiger partial charge in [0.1, 0.15) is 0 Å². The summed E-state index contributed by atoms with van der Waals surface area (Å²) in [6.45, 7) is 2.69. The quantitative estimate of drug-likeness (QED) is 0.871. The van der Waals surface area contributed by atoms with Crippen LogP contribution >= 0.6 is 11.6 Å². The Morgan fingerprint density at radius 3 is 2.58 bits per heavy atom. The van der Waals surface area contributed by atoms with Gasteiger partial charge in [0.25, 0.3) is 0 Å². The molecule has 1 aliphatic carbocycles. The highest BCUT2D eigenvalue weighted by Crippen LogP contribution is 2.29. The Bertz CT molecular complexity index is 428. The summed E-state index contributed by atoms with van der Waals surface area (Å²) in [6.07, 6.45) is 3.88. The van der Waals surface area contributed by atoms with E-state index in [2.05, 4.69) is 0 Å². The fourth-order valence-electron chi connectivity index (χ4n) is 2.21. The zero-order valence-electron chi connectivity index (χ0n) is 11.3. The van der Waals surface area contributed by atoms with Crippen LogP contribution in [0.5, 0.6) is 0 Å². The highest BCUT2D eigenvalue weighted by atomic mass is 35.5. The van der Waals surface area contributed by atoms with Crippen LogP contribution in [0.4, 0.5) is 0 Å². The highest BCUT2D eigenvalue weighted by molar-refractivity contribution is 6.30. The summed E-state index contributed by atoms with van der Waals surface area (Å²) in [6, 6.07) is 7.67. The Kier molecular flexibility index (Phi) is 4.83. The van der Waals surface area contributed by atoms with Gasteiger partial charge in [-0.25, -0.2) is 0 Å². The molecule has 3 nitrogen and oxygen atoms in total. The lowest BCUT2D eigenvalue weighted by molar-refractivity contribution is -0.134. The van der Waals surface area contributed by atoms with Crippen molar-refractivity contribution in [3.05, 3.63) is 34.9 Å². The van der Waals surface area contributed by atoms with Gasteiger partial charge >= 0.3 is 0 Å². The lowest BCUT2D eigenvalue weighted by Gasteiger charge is -2.25. The van der Waals surface area contributed by atoms with Crippen molar-refractivity contribution >= 4 is 17.5 Å². The van der Waals surface area contributed by atoms with Gasteiger partial charge in [-0.1, -0.05) is 37.1 Å². The van der Waals surface area contributed by atoms with E-state index in [0.717, 1.165) is 36.3 Å². The minimum atomic E-state index is -0.363. The standard InChI is InChI=1S/C15H21ClN2O/c1-2-3-14(17)15(19)18(13-8-9-13)10-11-4-6-12(16)7-5-11/h4-7,13-14H,2-3,8-10,17H2,1H3/t14-/m0/s1. The summed E-state index contributed by atoms with van der Waals surface area (Å²) in [5, 5.41) is 0.718. The maximum absolute atomic E-state index is 12.4. The number of halogens is 1. The molecular weight excluding hydrogens is 260 g/mol. The van der Waals surface area contributed by atoms with Crippen LogP contribution in [0.2, 0.25) is 5.02 Å². The van der Waals surface area contributed by atoms with Crippen LogP contribution in [0, 0.1) is 0 Å². The number of nitrogens with two attached hydrogens (primary N) is 1. The molecule has 2 rings (SSSR count). The number of benzene rings is 1. The van der Waals surface area contributed by atoms with E-state index >= 15 is 0 Å². The lowest BCUT2D eigenvalue weighted by Crippen LogP contribution is -2.44. The molecule has 0 aromatic heterocycles. The molecular formula is C15H21ClN2O. The molecule has 1 amide bonds. The van der Waals surface area contributed by atoms with Crippen LogP contribution < -0.4 is 5.73 Å². The molecule has 1 fully saturated rings. The maximum atomic E-state index is 12.4. The summed E-state index contributed by atoms with van der Waals surface area (Å²) in [4.78, 5) is 14.3. The van der Waals surface area contributed by atoms with Crippen LogP contribution in [0.1, 0.15) is 38.2 Å². The van der Waals surface area contributed by atoms with Crippen molar-refractivity contribution in [2.75, 3.05) is 0 Å². The normalized spacial score (nSPS) is 16.2. The lowest BCUT2D eigenvalue weighted by atomic mass is 10.1. The molecule has 0 bridgehead atoms. The Balaban J connectivity index is 2.04. The average Bonchev–Trinajstić information content (AvgIpc) is 3.22.